The second-order valence-corrected chi connectivity index (χ2v) is 9.69. The maximum Gasteiger partial charge on any atom is 0.257 e. The maximum absolute atomic E-state index is 13.0. The Morgan fingerprint density at radius 1 is 0.865 bits per heavy atom. The Bertz CT molecular complexity index is 1470. The molecule has 0 saturated heterocycles. The molecule has 0 spiro atoms. The minimum atomic E-state index is -0.182. The zero-order valence-electron chi connectivity index (χ0n) is 20.7. The summed E-state index contributed by atoms with van der Waals surface area (Å²) in [6.45, 7) is 1.67. The van der Waals surface area contributed by atoms with Crippen molar-refractivity contribution >= 4 is 45.0 Å². The number of ether oxygens (including phenoxy) is 1. The normalized spacial score (nSPS) is 10.8. The lowest BCUT2D eigenvalue weighted by Crippen LogP contribution is -2.17. The van der Waals surface area contributed by atoms with Gasteiger partial charge in [-0.3, -0.25) is 15.0 Å². The van der Waals surface area contributed by atoms with Crippen molar-refractivity contribution < 1.29 is 9.53 Å². The molecule has 0 fully saturated rings. The summed E-state index contributed by atoms with van der Waals surface area (Å²) in [4.78, 5) is 19.9. The van der Waals surface area contributed by atoms with Gasteiger partial charge in [-0.1, -0.05) is 84.1 Å². The molecule has 1 heterocycles. The van der Waals surface area contributed by atoms with Gasteiger partial charge >= 0.3 is 0 Å². The van der Waals surface area contributed by atoms with Crippen LogP contribution in [-0.2, 0) is 13.1 Å². The smallest absolute Gasteiger partial charge is 0.257 e. The highest BCUT2D eigenvalue weighted by Crippen LogP contribution is 2.39. The lowest BCUT2D eigenvalue weighted by atomic mass is 10.1. The lowest BCUT2D eigenvalue weighted by molar-refractivity contribution is 0.102. The molecule has 7 heteroatoms. The molecule has 5 aromatic rings. The van der Waals surface area contributed by atoms with Crippen LogP contribution in [0, 0.1) is 0 Å². The minimum absolute atomic E-state index is 0. The molecule has 37 heavy (non-hydrogen) atoms. The number of benzene rings is 4. The lowest BCUT2D eigenvalue weighted by Gasteiger charge is -2.17. The SMILES string of the molecule is COc1ccc(-c2ccccc2)c2sc(NC(=O)c3ccc(CN(C)Cc4ccccc4)cc3)nc12.Cl. The van der Waals surface area contributed by atoms with Crippen molar-refractivity contribution in [1.29, 1.82) is 0 Å². The zero-order valence-corrected chi connectivity index (χ0v) is 22.3. The number of rotatable bonds is 8. The number of aromatic nitrogens is 1. The Morgan fingerprint density at radius 3 is 2.14 bits per heavy atom. The first-order chi connectivity index (χ1) is 17.6. The molecular weight excluding hydrogens is 502 g/mol. The van der Waals surface area contributed by atoms with Crippen LogP contribution in [0.3, 0.4) is 0 Å². The number of nitrogens with one attached hydrogen (secondary N) is 1. The van der Waals surface area contributed by atoms with E-state index < -0.39 is 0 Å². The molecule has 1 aromatic heterocycles. The molecule has 0 saturated carbocycles. The van der Waals surface area contributed by atoms with E-state index in [1.165, 1.54) is 16.9 Å². The summed E-state index contributed by atoms with van der Waals surface area (Å²) < 4.78 is 6.51. The summed E-state index contributed by atoms with van der Waals surface area (Å²) in [6, 6.07) is 32.3. The van der Waals surface area contributed by atoms with Crippen LogP contribution in [0.5, 0.6) is 5.75 Å². The molecule has 1 amide bonds. The number of carbonyl (C=O) groups excluding carboxylic acids is 1. The van der Waals surface area contributed by atoms with E-state index >= 15 is 0 Å². The van der Waals surface area contributed by atoms with Crippen LogP contribution in [0.25, 0.3) is 21.3 Å². The van der Waals surface area contributed by atoms with Crippen LogP contribution >= 0.6 is 23.7 Å². The molecule has 0 aliphatic carbocycles. The Morgan fingerprint density at radius 2 is 1.49 bits per heavy atom. The standard InChI is InChI=1S/C30H27N3O2S.ClH/c1-33(19-21-9-5-3-6-10-21)20-22-13-15-24(16-14-22)29(34)32-30-31-27-26(35-2)18-17-25(28(27)36-30)23-11-7-4-8-12-23;/h3-18H,19-20H2,1-2H3,(H,31,32,34);1H. The van der Waals surface area contributed by atoms with Gasteiger partial charge in [0.1, 0.15) is 11.3 Å². The third-order valence-electron chi connectivity index (χ3n) is 6.00. The third kappa shape index (κ3) is 6.17. The summed E-state index contributed by atoms with van der Waals surface area (Å²) >= 11 is 1.45. The maximum atomic E-state index is 13.0. The highest BCUT2D eigenvalue weighted by molar-refractivity contribution is 7.23. The number of thiazole rings is 1. The number of amides is 1. The first-order valence-corrected chi connectivity index (χ1v) is 12.6. The number of hydrogen-bond donors (Lipinski definition) is 1. The summed E-state index contributed by atoms with van der Waals surface area (Å²) in [7, 11) is 3.73. The van der Waals surface area contributed by atoms with Crippen molar-refractivity contribution in [2.45, 2.75) is 13.1 Å². The number of halogens is 1. The number of methoxy groups -OCH3 is 1. The fourth-order valence-corrected chi connectivity index (χ4v) is 5.25. The molecule has 0 aliphatic heterocycles. The summed E-state index contributed by atoms with van der Waals surface area (Å²) in [5, 5.41) is 3.52. The largest absolute Gasteiger partial charge is 0.494 e. The van der Waals surface area contributed by atoms with Gasteiger partial charge in [0.05, 0.1) is 11.8 Å². The van der Waals surface area contributed by atoms with Gasteiger partial charge in [0.15, 0.2) is 5.13 Å². The Balaban J connectivity index is 0.00000320. The molecule has 5 rings (SSSR count). The average Bonchev–Trinajstić information content (AvgIpc) is 3.33. The number of fused-ring (bicyclic) bond motifs is 1. The minimum Gasteiger partial charge on any atom is -0.494 e. The quantitative estimate of drug-likeness (QED) is 0.229. The van der Waals surface area contributed by atoms with E-state index in [1.807, 2.05) is 60.7 Å². The molecule has 0 atom stereocenters. The number of nitrogens with zero attached hydrogens (tertiary/aromatic N) is 2. The molecule has 0 unspecified atom stereocenters. The van der Waals surface area contributed by atoms with Gasteiger partial charge in [-0.05, 0) is 48.0 Å². The van der Waals surface area contributed by atoms with Crippen molar-refractivity contribution in [3.05, 3.63) is 114 Å². The van der Waals surface area contributed by atoms with E-state index in [0.29, 0.717) is 16.4 Å². The van der Waals surface area contributed by atoms with Gasteiger partial charge in [0.2, 0.25) is 0 Å². The molecular formula is C30H28ClN3O2S. The molecule has 0 bridgehead atoms. The van der Waals surface area contributed by atoms with Crippen molar-refractivity contribution in [1.82, 2.24) is 9.88 Å². The molecule has 5 nitrogen and oxygen atoms in total. The monoisotopic (exact) mass is 529 g/mol. The summed E-state index contributed by atoms with van der Waals surface area (Å²) in [5.74, 6) is 0.504. The van der Waals surface area contributed by atoms with Gasteiger partial charge < -0.3 is 4.74 Å². The summed E-state index contributed by atoms with van der Waals surface area (Å²) in [6.07, 6.45) is 0. The van der Waals surface area contributed by atoms with Crippen LogP contribution in [0.4, 0.5) is 5.13 Å². The Kier molecular flexibility index (Phi) is 8.56. The fraction of sp³-hybridized carbons (Fsp3) is 0.133. The van der Waals surface area contributed by atoms with Crippen LogP contribution < -0.4 is 10.1 Å². The van der Waals surface area contributed by atoms with Gasteiger partial charge in [-0.25, -0.2) is 4.98 Å². The molecule has 0 aliphatic rings. The highest BCUT2D eigenvalue weighted by atomic mass is 35.5. The second-order valence-electron chi connectivity index (χ2n) is 8.69. The van der Waals surface area contributed by atoms with Crippen molar-refractivity contribution in [3.8, 4) is 16.9 Å². The van der Waals surface area contributed by atoms with Crippen molar-refractivity contribution in [2.75, 3.05) is 19.5 Å². The van der Waals surface area contributed by atoms with Crippen molar-refractivity contribution in [3.63, 3.8) is 0 Å². The first-order valence-electron chi connectivity index (χ1n) is 11.8. The first kappa shape index (κ1) is 26.4. The number of anilines is 1. The van der Waals surface area contributed by atoms with Gasteiger partial charge in [0.25, 0.3) is 5.91 Å². The number of carbonyl (C=O) groups is 1. The van der Waals surface area contributed by atoms with Crippen LogP contribution in [0.2, 0.25) is 0 Å². The highest BCUT2D eigenvalue weighted by Gasteiger charge is 2.16. The molecule has 0 radical (unpaired) electrons. The summed E-state index contributed by atoms with van der Waals surface area (Å²) in [5.41, 5.74) is 5.93. The predicted octanol–water partition coefficient (Wildman–Crippen LogP) is 7.28. The van der Waals surface area contributed by atoms with Crippen LogP contribution in [0.15, 0.2) is 97.1 Å². The Labute approximate surface area is 227 Å². The van der Waals surface area contributed by atoms with E-state index in [9.17, 15) is 4.79 Å². The topological polar surface area (TPSA) is 54.5 Å². The van der Waals surface area contributed by atoms with E-state index in [4.69, 9.17) is 4.74 Å². The van der Waals surface area contributed by atoms with Crippen LogP contribution in [-0.4, -0.2) is 29.9 Å². The molecule has 4 aromatic carbocycles. The third-order valence-corrected chi connectivity index (χ3v) is 7.00. The average molecular weight is 530 g/mol. The van der Waals surface area contributed by atoms with Gasteiger partial charge in [-0.15, -0.1) is 12.4 Å². The van der Waals surface area contributed by atoms with Crippen molar-refractivity contribution in [2.24, 2.45) is 0 Å². The van der Waals surface area contributed by atoms with E-state index in [-0.39, 0.29) is 18.3 Å². The predicted molar refractivity (Wildman–Crippen MR) is 155 cm³/mol. The van der Waals surface area contributed by atoms with Gasteiger partial charge in [0, 0.05) is 24.2 Å². The second kappa shape index (κ2) is 12.0. The van der Waals surface area contributed by atoms with Gasteiger partial charge in [-0.2, -0.15) is 0 Å². The zero-order chi connectivity index (χ0) is 24.9. The fourth-order valence-electron chi connectivity index (χ4n) is 4.24. The Hall–Kier alpha value is -3.71. The molecule has 1 N–H and O–H groups in total. The van der Waals surface area contributed by atoms with E-state index in [1.54, 1.807) is 7.11 Å². The van der Waals surface area contributed by atoms with Crippen LogP contribution in [0.1, 0.15) is 21.5 Å². The number of hydrogen-bond acceptors (Lipinski definition) is 5. The van der Waals surface area contributed by atoms with E-state index in [0.717, 1.165) is 40.0 Å². The van der Waals surface area contributed by atoms with E-state index in [2.05, 4.69) is 58.6 Å². The molecule has 188 valence electrons.